The Morgan fingerprint density at radius 3 is 3.11 bits per heavy atom. The Kier molecular flexibility index (Phi) is 1.88. The van der Waals surface area contributed by atoms with Gasteiger partial charge in [-0.2, -0.15) is 0 Å². The fourth-order valence-electron chi connectivity index (χ4n) is 0.884. The normalized spacial score (nSPS) is 16.8. The maximum Gasteiger partial charge on any atom is 0.0854 e. The quantitative estimate of drug-likeness (QED) is 0.499. The Balaban J connectivity index is 2.28. The van der Waals surface area contributed by atoms with Crippen molar-refractivity contribution in [3.8, 4) is 0 Å². The maximum atomic E-state index is 4.08. The number of hydrogen-bond donors (Lipinski definition) is 0. The summed E-state index contributed by atoms with van der Waals surface area (Å²) in [6, 6.07) is 0. The lowest BCUT2D eigenvalue weighted by Crippen LogP contribution is -2.21. The van der Waals surface area contributed by atoms with E-state index in [2.05, 4.69) is 16.5 Å². The van der Waals surface area contributed by atoms with Crippen molar-refractivity contribution in [1.29, 1.82) is 0 Å². The van der Waals surface area contributed by atoms with Crippen molar-refractivity contribution in [2.75, 3.05) is 19.6 Å². The van der Waals surface area contributed by atoms with Crippen LogP contribution in [0.15, 0.2) is 17.1 Å². The van der Waals surface area contributed by atoms with Crippen LogP contribution in [0, 0.1) is 0 Å². The molecule has 1 rings (SSSR count). The summed E-state index contributed by atoms with van der Waals surface area (Å²) in [5, 5.41) is 0. The van der Waals surface area contributed by atoms with Crippen LogP contribution < -0.4 is 0 Å². The Morgan fingerprint density at radius 2 is 2.67 bits per heavy atom. The van der Waals surface area contributed by atoms with Crippen LogP contribution in [0.25, 0.3) is 0 Å². The van der Waals surface area contributed by atoms with Crippen molar-refractivity contribution in [2.45, 2.75) is 6.92 Å². The molecule has 0 aromatic carbocycles. The molecule has 0 saturated carbocycles. The SMILES string of the molecule is C=C(C)CN1C=NCC1. The highest BCUT2D eigenvalue weighted by Crippen LogP contribution is 1.96. The van der Waals surface area contributed by atoms with E-state index in [9.17, 15) is 0 Å². The van der Waals surface area contributed by atoms with Crippen LogP contribution in [0.2, 0.25) is 0 Å². The smallest absolute Gasteiger partial charge is 0.0854 e. The van der Waals surface area contributed by atoms with Crippen LogP contribution in [0.4, 0.5) is 0 Å². The van der Waals surface area contributed by atoms with E-state index >= 15 is 0 Å². The lowest BCUT2D eigenvalue weighted by molar-refractivity contribution is 0.507. The predicted octanol–water partition coefficient (Wildman–Crippen LogP) is 0.906. The molecular weight excluding hydrogens is 112 g/mol. The van der Waals surface area contributed by atoms with E-state index in [1.807, 2.05) is 13.3 Å². The van der Waals surface area contributed by atoms with Crippen molar-refractivity contribution in [1.82, 2.24) is 4.90 Å². The fraction of sp³-hybridized carbons (Fsp3) is 0.571. The van der Waals surface area contributed by atoms with Gasteiger partial charge >= 0.3 is 0 Å². The molecule has 2 heteroatoms. The molecule has 0 aromatic heterocycles. The second-order valence-electron chi connectivity index (χ2n) is 2.45. The molecule has 0 saturated heterocycles. The average molecular weight is 124 g/mol. The molecule has 9 heavy (non-hydrogen) atoms. The molecule has 2 nitrogen and oxygen atoms in total. The Bertz CT molecular complexity index is 138. The Labute approximate surface area is 55.9 Å². The summed E-state index contributed by atoms with van der Waals surface area (Å²) in [4.78, 5) is 6.25. The van der Waals surface area contributed by atoms with E-state index in [1.165, 1.54) is 5.57 Å². The van der Waals surface area contributed by atoms with Gasteiger partial charge in [-0.15, -0.1) is 0 Å². The number of hydrogen-bond acceptors (Lipinski definition) is 2. The van der Waals surface area contributed by atoms with Crippen LogP contribution in [-0.2, 0) is 0 Å². The first-order valence-corrected chi connectivity index (χ1v) is 3.17. The van der Waals surface area contributed by atoms with E-state index in [1.54, 1.807) is 0 Å². The van der Waals surface area contributed by atoms with Crippen molar-refractivity contribution in [2.24, 2.45) is 4.99 Å². The molecule has 0 N–H and O–H groups in total. The lowest BCUT2D eigenvalue weighted by atomic mass is 10.3. The van der Waals surface area contributed by atoms with Crippen LogP contribution >= 0.6 is 0 Å². The Hall–Kier alpha value is -0.790. The molecule has 0 spiro atoms. The highest BCUT2D eigenvalue weighted by molar-refractivity contribution is 5.57. The lowest BCUT2D eigenvalue weighted by Gasteiger charge is -2.12. The standard InChI is InChI=1S/C7H12N2/c1-7(2)5-9-4-3-8-6-9/h6H,1,3-5H2,2H3. The molecule has 1 aliphatic heterocycles. The first-order valence-electron chi connectivity index (χ1n) is 3.17. The molecule has 1 heterocycles. The average Bonchev–Trinajstić information content (AvgIpc) is 2.15. The highest BCUT2D eigenvalue weighted by Gasteiger charge is 2.02. The van der Waals surface area contributed by atoms with Crippen LogP contribution in [-0.4, -0.2) is 30.9 Å². The van der Waals surface area contributed by atoms with Gasteiger partial charge in [0.25, 0.3) is 0 Å². The van der Waals surface area contributed by atoms with E-state index in [0.717, 1.165) is 19.6 Å². The van der Waals surface area contributed by atoms with Gasteiger partial charge in [0.05, 0.1) is 12.9 Å². The van der Waals surface area contributed by atoms with Gasteiger partial charge in [-0.25, -0.2) is 0 Å². The van der Waals surface area contributed by atoms with Gasteiger partial charge in [0.1, 0.15) is 0 Å². The molecule has 1 aliphatic rings. The van der Waals surface area contributed by atoms with Crippen LogP contribution in [0.3, 0.4) is 0 Å². The maximum absolute atomic E-state index is 4.08. The Morgan fingerprint density at radius 1 is 1.89 bits per heavy atom. The number of aliphatic imine (C=N–C) groups is 1. The molecule has 0 bridgehead atoms. The molecule has 0 radical (unpaired) electrons. The number of rotatable bonds is 2. The molecule has 0 fully saturated rings. The third-order valence-electron chi connectivity index (χ3n) is 1.23. The fourth-order valence-corrected chi connectivity index (χ4v) is 0.884. The van der Waals surface area contributed by atoms with Gasteiger partial charge < -0.3 is 4.90 Å². The zero-order valence-electron chi connectivity index (χ0n) is 5.80. The zero-order chi connectivity index (χ0) is 6.69. The van der Waals surface area contributed by atoms with E-state index in [0.29, 0.717) is 0 Å². The summed E-state index contributed by atoms with van der Waals surface area (Å²) in [5.74, 6) is 0. The van der Waals surface area contributed by atoms with Gasteiger partial charge in [0.15, 0.2) is 0 Å². The highest BCUT2D eigenvalue weighted by atomic mass is 15.2. The second kappa shape index (κ2) is 2.67. The minimum absolute atomic E-state index is 0.952. The monoisotopic (exact) mass is 124 g/mol. The van der Waals surface area contributed by atoms with Gasteiger partial charge in [0, 0.05) is 13.1 Å². The van der Waals surface area contributed by atoms with Gasteiger partial charge in [0.2, 0.25) is 0 Å². The summed E-state index contributed by atoms with van der Waals surface area (Å²) in [7, 11) is 0. The summed E-state index contributed by atoms with van der Waals surface area (Å²) in [6.45, 7) is 8.82. The third-order valence-corrected chi connectivity index (χ3v) is 1.23. The minimum atomic E-state index is 0.952. The second-order valence-corrected chi connectivity index (χ2v) is 2.45. The van der Waals surface area contributed by atoms with E-state index in [-0.39, 0.29) is 0 Å². The summed E-state index contributed by atoms with van der Waals surface area (Å²) >= 11 is 0. The summed E-state index contributed by atoms with van der Waals surface area (Å²) < 4.78 is 0. The minimum Gasteiger partial charge on any atom is -0.357 e. The summed E-state index contributed by atoms with van der Waals surface area (Å²) in [6.07, 6.45) is 1.90. The van der Waals surface area contributed by atoms with Crippen LogP contribution in [0.1, 0.15) is 6.92 Å². The molecule has 0 amide bonds. The van der Waals surface area contributed by atoms with Crippen LogP contribution in [0.5, 0.6) is 0 Å². The number of nitrogens with zero attached hydrogens (tertiary/aromatic N) is 2. The largest absolute Gasteiger partial charge is 0.357 e. The van der Waals surface area contributed by atoms with Crippen molar-refractivity contribution in [3.63, 3.8) is 0 Å². The zero-order valence-corrected chi connectivity index (χ0v) is 5.80. The van der Waals surface area contributed by atoms with Crippen molar-refractivity contribution < 1.29 is 0 Å². The molecule has 0 unspecified atom stereocenters. The molecule has 0 atom stereocenters. The van der Waals surface area contributed by atoms with E-state index < -0.39 is 0 Å². The topological polar surface area (TPSA) is 15.6 Å². The third kappa shape index (κ3) is 1.88. The first-order chi connectivity index (χ1) is 4.29. The van der Waals surface area contributed by atoms with Crippen molar-refractivity contribution >= 4 is 6.34 Å². The van der Waals surface area contributed by atoms with Gasteiger partial charge in [-0.05, 0) is 6.92 Å². The predicted molar refractivity (Wildman–Crippen MR) is 39.7 cm³/mol. The molecule has 50 valence electrons. The summed E-state index contributed by atoms with van der Waals surface area (Å²) in [5.41, 5.74) is 1.20. The van der Waals surface area contributed by atoms with E-state index in [4.69, 9.17) is 0 Å². The van der Waals surface area contributed by atoms with Crippen molar-refractivity contribution in [3.05, 3.63) is 12.2 Å². The molecular formula is C7H12N2. The van der Waals surface area contributed by atoms with Gasteiger partial charge in [-0.3, -0.25) is 4.99 Å². The molecule has 0 aromatic rings. The first kappa shape index (κ1) is 6.33. The van der Waals surface area contributed by atoms with Gasteiger partial charge in [-0.1, -0.05) is 12.2 Å². The molecule has 0 aliphatic carbocycles.